The van der Waals surface area contributed by atoms with Gasteiger partial charge in [-0.2, -0.15) is 5.10 Å². The fourth-order valence-electron chi connectivity index (χ4n) is 3.86. The number of ether oxygens (including phenoxy) is 1. The second kappa shape index (κ2) is 8.01. The zero-order valence-corrected chi connectivity index (χ0v) is 17.4. The summed E-state index contributed by atoms with van der Waals surface area (Å²) in [6.45, 7) is 2.17. The van der Waals surface area contributed by atoms with Crippen LogP contribution >= 0.6 is 11.6 Å². The second-order valence-electron chi connectivity index (χ2n) is 7.23. The molecule has 3 aromatic rings. The molecule has 1 aliphatic heterocycles. The summed E-state index contributed by atoms with van der Waals surface area (Å²) in [7, 11) is 1.60. The number of phenolic OH excluding ortho intramolecular Hbond substituents is 1. The maximum Gasteiger partial charge on any atom is 0.273 e. The monoisotopic (exact) mass is 427 g/mol. The van der Waals surface area contributed by atoms with Crippen molar-refractivity contribution in [1.82, 2.24) is 15.1 Å². The summed E-state index contributed by atoms with van der Waals surface area (Å²) >= 11 is 6.30. The molecule has 2 aromatic carbocycles. The van der Waals surface area contributed by atoms with Gasteiger partial charge in [0.15, 0.2) is 0 Å². The zero-order valence-electron chi connectivity index (χ0n) is 16.6. The number of hydrogen-bond acceptors (Lipinski definition) is 5. The van der Waals surface area contributed by atoms with E-state index in [0.717, 1.165) is 11.1 Å². The average Bonchev–Trinajstić information content (AvgIpc) is 3.28. The highest BCUT2D eigenvalue weighted by molar-refractivity contribution is 6.31. The van der Waals surface area contributed by atoms with Crippen LogP contribution in [0.4, 0.5) is 0 Å². The maximum absolute atomic E-state index is 13.1. The molecule has 1 aliphatic rings. The normalized spacial score (nSPS) is 15.5. The van der Waals surface area contributed by atoms with E-state index in [4.69, 9.17) is 16.3 Å². The Kier molecular flexibility index (Phi) is 5.40. The fraction of sp³-hybridized carbons (Fsp3) is 0.273. The van der Waals surface area contributed by atoms with Crippen LogP contribution < -0.4 is 4.74 Å². The number of aromatic nitrogens is 2. The molecule has 30 heavy (non-hydrogen) atoms. The van der Waals surface area contributed by atoms with Crippen molar-refractivity contribution in [1.29, 1.82) is 0 Å². The van der Waals surface area contributed by atoms with Crippen LogP contribution in [-0.4, -0.2) is 51.5 Å². The van der Waals surface area contributed by atoms with Gasteiger partial charge in [-0.15, -0.1) is 0 Å². The number of carbonyl (C=O) groups excluding carboxylic acids is 1. The number of phenols is 1. The number of aliphatic hydroxyl groups is 1. The summed E-state index contributed by atoms with van der Waals surface area (Å²) in [4.78, 5) is 14.8. The van der Waals surface area contributed by atoms with Gasteiger partial charge in [-0.05, 0) is 48.7 Å². The average molecular weight is 428 g/mol. The molecule has 1 amide bonds. The SMILES string of the molecule is COc1ccc([C@H]2c3c(-c4cc(Cl)c(C)cc4O)n[nH]c3C(=O)N2CCCO)cc1. The summed E-state index contributed by atoms with van der Waals surface area (Å²) in [5.74, 6) is 0.553. The summed E-state index contributed by atoms with van der Waals surface area (Å²) in [5, 5.41) is 27.6. The maximum atomic E-state index is 13.1. The van der Waals surface area contributed by atoms with E-state index in [1.54, 1.807) is 31.1 Å². The molecule has 0 bridgehead atoms. The van der Waals surface area contributed by atoms with E-state index in [9.17, 15) is 15.0 Å². The minimum absolute atomic E-state index is 0.0213. The summed E-state index contributed by atoms with van der Waals surface area (Å²) in [5.41, 5.74) is 3.61. The Bertz CT molecular complexity index is 1090. The molecular weight excluding hydrogens is 406 g/mol. The van der Waals surface area contributed by atoms with Crippen molar-refractivity contribution in [3.05, 3.63) is 63.8 Å². The number of aliphatic hydroxyl groups excluding tert-OH is 1. The molecule has 3 N–H and O–H groups in total. The molecule has 1 atom stereocenters. The molecule has 2 heterocycles. The first kappa shape index (κ1) is 20.3. The van der Waals surface area contributed by atoms with Gasteiger partial charge in [-0.1, -0.05) is 23.7 Å². The number of halogens is 1. The van der Waals surface area contributed by atoms with E-state index in [0.29, 0.717) is 46.3 Å². The van der Waals surface area contributed by atoms with E-state index in [1.807, 2.05) is 24.3 Å². The van der Waals surface area contributed by atoms with Gasteiger partial charge in [0.25, 0.3) is 5.91 Å². The van der Waals surface area contributed by atoms with Gasteiger partial charge in [-0.25, -0.2) is 0 Å². The highest BCUT2D eigenvalue weighted by Gasteiger charge is 2.42. The molecule has 7 nitrogen and oxygen atoms in total. The molecule has 0 fully saturated rings. The van der Waals surface area contributed by atoms with Crippen LogP contribution in [0, 0.1) is 6.92 Å². The van der Waals surface area contributed by atoms with Crippen molar-refractivity contribution in [2.75, 3.05) is 20.3 Å². The lowest BCUT2D eigenvalue weighted by Crippen LogP contribution is -2.31. The number of fused-ring (bicyclic) bond motifs is 1. The van der Waals surface area contributed by atoms with Crippen molar-refractivity contribution in [2.24, 2.45) is 0 Å². The number of nitrogens with one attached hydrogen (secondary N) is 1. The number of benzene rings is 2. The van der Waals surface area contributed by atoms with Gasteiger partial charge < -0.3 is 19.8 Å². The van der Waals surface area contributed by atoms with Gasteiger partial charge in [0.05, 0.1) is 13.2 Å². The number of amides is 1. The van der Waals surface area contributed by atoms with Crippen molar-refractivity contribution < 1.29 is 19.7 Å². The topological polar surface area (TPSA) is 98.7 Å². The van der Waals surface area contributed by atoms with Crippen molar-refractivity contribution in [2.45, 2.75) is 19.4 Å². The Morgan fingerprint density at radius 1 is 1.27 bits per heavy atom. The van der Waals surface area contributed by atoms with Crippen molar-refractivity contribution in [3.63, 3.8) is 0 Å². The highest BCUT2D eigenvalue weighted by atomic mass is 35.5. The molecule has 0 saturated carbocycles. The Balaban J connectivity index is 1.88. The molecule has 0 spiro atoms. The first-order valence-corrected chi connectivity index (χ1v) is 9.97. The lowest BCUT2D eigenvalue weighted by Gasteiger charge is -2.26. The third-order valence-electron chi connectivity index (χ3n) is 5.38. The van der Waals surface area contributed by atoms with Gasteiger partial charge in [0, 0.05) is 29.3 Å². The molecule has 0 unspecified atom stereocenters. The predicted molar refractivity (Wildman–Crippen MR) is 113 cm³/mol. The smallest absolute Gasteiger partial charge is 0.273 e. The molecule has 156 valence electrons. The van der Waals surface area contributed by atoms with Gasteiger partial charge in [0.1, 0.15) is 22.9 Å². The van der Waals surface area contributed by atoms with E-state index >= 15 is 0 Å². The van der Waals surface area contributed by atoms with Crippen LogP contribution in [0.25, 0.3) is 11.3 Å². The Hall–Kier alpha value is -3.03. The third-order valence-corrected chi connectivity index (χ3v) is 5.79. The number of aromatic hydroxyl groups is 1. The standard InChI is InChI=1S/C22H22ClN3O4/c1-12-10-17(28)15(11-16(12)23)19-18-20(25-24-19)22(29)26(8-3-9-27)21(18)13-4-6-14(30-2)7-5-13/h4-7,10-11,21,27-28H,3,8-9H2,1-2H3,(H,24,25)/t21-/m0/s1. The number of carbonyl (C=O) groups is 1. The van der Waals surface area contributed by atoms with Crippen molar-refractivity contribution in [3.8, 4) is 22.8 Å². The minimum atomic E-state index is -0.418. The second-order valence-corrected chi connectivity index (χ2v) is 7.64. The quantitative estimate of drug-likeness (QED) is 0.557. The van der Waals surface area contributed by atoms with Crippen LogP contribution in [0.1, 0.15) is 39.6 Å². The Morgan fingerprint density at radius 3 is 2.67 bits per heavy atom. The largest absolute Gasteiger partial charge is 0.507 e. The lowest BCUT2D eigenvalue weighted by atomic mass is 9.95. The van der Waals surface area contributed by atoms with Crippen LogP contribution in [0.5, 0.6) is 11.5 Å². The molecule has 0 aliphatic carbocycles. The molecule has 0 saturated heterocycles. The van der Waals surface area contributed by atoms with E-state index in [1.165, 1.54) is 0 Å². The summed E-state index contributed by atoms with van der Waals surface area (Å²) in [6.07, 6.45) is 0.451. The molecule has 0 radical (unpaired) electrons. The van der Waals surface area contributed by atoms with Crippen LogP contribution in [0.15, 0.2) is 36.4 Å². The highest BCUT2D eigenvalue weighted by Crippen LogP contribution is 2.45. The zero-order chi connectivity index (χ0) is 21.4. The van der Waals surface area contributed by atoms with E-state index in [2.05, 4.69) is 10.2 Å². The first-order chi connectivity index (χ1) is 14.5. The van der Waals surface area contributed by atoms with E-state index in [-0.39, 0.29) is 18.3 Å². The number of hydrogen-bond donors (Lipinski definition) is 3. The predicted octanol–water partition coefficient (Wildman–Crippen LogP) is 3.68. The molecular formula is C22H22ClN3O4. The number of aromatic amines is 1. The van der Waals surface area contributed by atoms with E-state index < -0.39 is 6.04 Å². The number of nitrogens with zero attached hydrogens (tertiary/aromatic N) is 2. The van der Waals surface area contributed by atoms with Gasteiger partial charge in [-0.3, -0.25) is 9.89 Å². The number of H-pyrrole nitrogens is 1. The molecule has 1 aromatic heterocycles. The van der Waals surface area contributed by atoms with Crippen LogP contribution in [-0.2, 0) is 0 Å². The first-order valence-electron chi connectivity index (χ1n) is 9.59. The van der Waals surface area contributed by atoms with Gasteiger partial charge in [0.2, 0.25) is 0 Å². The number of rotatable bonds is 6. The Labute approximate surface area is 178 Å². The van der Waals surface area contributed by atoms with Gasteiger partial charge >= 0.3 is 0 Å². The lowest BCUT2D eigenvalue weighted by molar-refractivity contribution is 0.0732. The third kappa shape index (κ3) is 3.30. The molecule has 4 rings (SSSR count). The van der Waals surface area contributed by atoms with Crippen LogP contribution in [0.2, 0.25) is 5.02 Å². The summed E-state index contributed by atoms with van der Waals surface area (Å²) < 4.78 is 5.25. The number of aryl methyl sites for hydroxylation is 1. The minimum Gasteiger partial charge on any atom is -0.507 e. The van der Waals surface area contributed by atoms with Crippen molar-refractivity contribution >= 4 is 17.5 Å². The number of methoxy groups -OCH3 is 1. The molecule has 8 heteroatoms. The van der Waals surface area contributed by atoms with Crippen LogP contribution in [0.3, 0.4) is 0 Å². The fourth-order valence-corrected chi connectivity index (χ4v) is 4.03. The Morgan fingerprint density at radius 2 is 2.00 bits per heavy atom. The summed E-state index contributed by atoms with van der Waals surface area (Å²) in [6, 6.07) is 10.3.